The molecule has 1 amide bonds. The van der Waals surface area contributed by atoms with Crippen molar-refractivity contribution in [2.45, 2.75) is 19.1 Å². The van der Waals surface area contributed by atoms with Crippen LogP contribution < -0.4 is 15.4 Å². The summed E-state index contributed by atoms with van der Waals surface area (Å²) in [4.78, 5) is 11.8. The molecule has 124 valence electrons. The average molecular weight is 331 g/mol. The fourth-order valence-electron chi connectivity index (χ4n) is 2.02. The molecule has 22 heavy (non-hydrogen) atoms. The monoisotopic (exact) mass is 330 g/mol. The summed E-state index contributed by atoms with van der Waals surface area (Å²) in [6, 6.07) is 7.60. The largest absolute Gasteiger partial charge is 0.491 e. The molecule has 0 radical (unpaired) electrons. The number of ether oxygens (including phenoxy) is 2. The number of aryl methyl sites for hydroxylation is 1. The minimum absolute atomic E-state index is 0. The van der Waals surface area contributed by atoms with E-state index < -0.39 is 12.2 Å². The highest BCUT2D eigenvalue weighted by Gasteiger charge is 2.21. The molecule has 1 heterocycles. The van der Waals surface area contributed by atoms with Crippen LogP contribution in [0.15, 0.2) is 24.3 Å². The van der Waals surface area contributed by atoms with Crippen molar-refractivity contribution < 1.29 is 19.4 Å². The highest BCUT2D eigenvalue weighted by atomic mass is 35.5. The second-order valence-electron chi connectivity index (χ2n) is 5.09. The molecule has 0 spiro atoms. The molecule has 1 saturated heterocycles. The van der Waals surface area contributed by atoms with E-state index in [0.717, 1.165) is 12.1 Å². The number of carbonyl (C=O) groups is 1. The van der Waals surface area contributed by atoms with Gasteiger partial charge in [-0.1, -0.05) is 12.1 Å². The molecule has 3 N–H and O–H groups in total. The van der Waals surface area contributed by atoms with Gasteiger partial charge in [-0.3, -0.25) is 4.79 Å². The van der Waals surface area contributed by atoms with Gasteiger partial charge in [0.05, 0.1) is 6.61 Å². The lowest BCUT2D eigenvalue weighted by molar-refractivity contribution is -0.134. The molecule has 0 aromatic heterocycles. The zero-order valence-electron chi connectivity index (χ0n) is 12.6. The van der Waals surface area contributed by atoms with Crippen LogP contribution in [0.3, 0.4) is 0 Å². The Labute approximate surface area is 136 Å². The number of aliphatic hydroxyl groups is 1. The van der Waals surface area contributed by atoms with Crippen LogP contribution in [0.4, 0.5) is 0 Å². The fraction of sp³-hybridized carbons (Fsp3) is 0.533. The molecule has 2 atom stereocenters. The van der Waals surface area contributed by atoms with Crippen molar-refractivity contribution >= 4 is 18.3 Å². The van der Waals surface area contributed by atoms with Crippen LogP contribution in [0.2, 0.25) is 0 Å². The normalized spacial score (nSPS) is 18.9. The van der Waals surface area contributed by atoms with E-state index >= 15 is 0 Å². The minimum atomic E-state index is -0.758. The lowest BCUT2D eigenvalue weighted by atomic mass is 10.2. The minimum Gasteiger partial charge on any atom is -0.491 e. The smallest absolute Gasteiger partial charge is 0.250 e. The maximum atomic E-state index is 11.8. The molecule has 6 nitrogen and oxygen atoms in total. The Morgan fingerprint density at radius 1 is 1.59 bits per heavy atom. The van der Waals surface area contributed by atoms with Crippen LogP contribution >= 0.6 is 12.4 Å². The highest BCUT2D eigenvalue weighted by Crippen LogP contribution is 2.12. The van der Waals surface area contributed by atoms with Crippen LogP contribution in [0.1, 0.15) is 5.56 Å². The number of hydrogen-bond donors (Lipinski definition) is 3. The van der Waals surface area contributed by atoms with Gasteiger partial charge in [-0.05, 0) is 24.6 Å². The summed E-state index contributed by atoms with van der Waals surface area (Å²) in [5, 5.41) is 15.6. The predicted molar refractivity (Wildman–Crippen MR) is 85.5 cm³/mol. The van der Waals surface area contributed by atoms with Crippen LogP contribution in [-0.2, 0) is 9.53 Å². The molecule has 0 bridgehead atoms. The first kappa shape index (κ1) is 18.7. The summed E-state index contributed by atoms with van der Waals surface area (Å²) in [5.74, 6) is 0.497. The Bertz CT molecular complexity index is 467. The predicted octanol–water partition coefficient (Wildman–Crippen LogP) is 0.261. The number of hydrogen-bond acceptors (Lipinski definition) is 5. The summed E-state index contributed by atoms with van der Waals surface area (Å²) in [7, 11) is 0. The summed E-state index contributed by atoms with van der Waals surface area (Å²) in [5.41, 5.74) is 1.09. The van der Waals surface area contributed by atoms with Crippen molar-refractivity contribution in [2.24, 2.45) is 0 Å². The van der Waals surface area contributed by atoms with Crippen molar-refractivity contribution in [3.63, 3.8) is 0 Å². The van der Waals surface area contributed by atoms with Crippen LogP contribution in [0.5, 0.6) is 5.75 Å². The number of amides is 1. The topological polar surface area (TPSA) is 79.8 Å². The van der Waals surface area contributed by atoms with E-state index in [0.29, 0.717) is 18.9 Å². The molecule has 0 saturated carbocycles. The van der Waals surface area contributed by atoms with Crippen molar-refractivity contribution in [3.8, 4) is 5.75 Å². The second kappa shape index (κ2) is 9.63. The number of benzene rings is 1. The Hall–Kier alpha value is -1.34. The van der Waals surface area contributed by atoms with Crippen molar-refractivity contribution in [1.82, 2.24) is 10.6 Å². The number of rotatable bonds is 6. The second-order valence-corrected chi connectivity index (χ2v) is 5.09. The zero-order chi connectivity index (χ0) is 15.1. The summed E-state index contributed by atoms with van der Waals surface area (Å²) in [6.07, 6.45) is -1.24. The molecule has 0 aliphatic carbocycles. The lowest BCUT2D eigenvalue weighted by Crippen LogP contribution is -2.49. The number of nitrogens with one attached hydrogen (secondary N) is 2. The van der Waals surface area contributed by atoms with Gasteiger partial charge in [0.25, 0.3) is 5.91 Å². The van der Waals surface area contributed by atoms with E-state index in [9.17, 15) is 9.90 Å². The van der Waals surface area contributed by atoms with Gasteiger partial charge in [0.2, 0.25) is 0 Å². The Kier molecular flexibility index (Phi) is 8.19. The van der Waals surface area contributed by atoms with Crippen molar-refractivity contribution in [2.75, 3.05) is 32.8 Å². The third-order valence-electron chi connectivity index (χ3n) is 3.16. The molecule has 7 heteroatoms. The molecular weight excluding hydrogens is 308 g/mol. The van der Waals surface area contributed by atoms with E-state index in [2.05, 4.69) is 10.6 Å². The van der Waals surface area contributed by atoms with Gasteiger partial charge in [-0.15, -0.1) is 12.4 Å². The summed E-state index contributed by atoms with van der Waals surface area (Å²) in [6.45, 7) is 4.04. The molecule has 1 aliphatic heterocycles. The molecular formula is C15H23ClN2O4. The molecule has 2 unspecified atom stereocenters. The van der Waals surface area contributed by atoms with Crippen LogP contribution in [-0.4, -0.2) is 56.1 Å². The Morgan fingerprint density at radius 2 is 2.41 bits per heavy atom. The quantitative estimate of drug-likeness (QED) is 0.697. The first-order valence-corrected chi connectivity index (χ1v) is 7.12. The third kappa shape index (κ3) is 6.19. The third-order valence-corrected chi connectivity index (χ3v) is 3.16. The summed E-state index contributed by atoms with van der Waals surface area (Å²) >= 11 is 0. The zero-order valence-corrected chi connectivity index (χ0v) is 13.4. The number of aliphatic hydroxyl groups excluding tert-OH is 1. The number of carbonyl (C=O) groups excluding carboxylic acids is 1. The first-order valence-electron chi connectivity index (χ1n) is 7.12. The van der Waals surface area contributed by atoms with E-state index in [-0.39, 0.29) is 31.5 Å². The Balaban J connectivity index is 0.00000242. The number of halogens is 1. The standard InChI is InChI=1S/C15H22N2O4.ClH/c1-11-3-2-4-13(7-11)21-10-12(18)8-17-15(19)14-9-16-5-6-20-14;/h2-4,7,12,14,16,18H,5-6,8-10H2,1H3,(H,17,19);1H. The molecule has 1 aliphatic rings. The van der Waals surface area contributed by atoms with Gasteiger partial charge < -0.3 is 25.2 Å². The molecule has 1 fully saturated rings. The van der Waals surface area contributed by atoms with Gasteiger partial charge in [-0.25, -0.2) is 0 Å². The van der Waals surface area contributed by atoms with Gasteiger partial charge in [0.1, 0.15) is 24.6 Å². The van der Waals surface area contributed by atoms with Crippen molar-refractivity contribution in [3.05, 3.63) is 29.8 Å². The maximum absolute atomic E-state index is 11.8. The Morgan fingerprint density at radius 3 is 3.09 bits per heavy atom. The van der Waals surface area contributed by atoms with Gasteiger partial charge in [0.15, 0.2) is 0 Å². The van der Waals surface area contributed by atoms with Crippen LogP contribution in [0.25, 0.3) is 0 Å². The fourth-order valence-corrected chi connectivity index (χ4v) is 2.02. The first-order chi connectivity index (χ1) is 10.1. The SMILES string of the molecule is Cc1cccc(OCC(O)CNC(=O)C2CNCCO2)c1.Cl. The van der Waals surface area contributed by atoms with E-state index in [1.165, 1.54) is 0 Å². The molecule has 1 aromatic rings. The number of morpholine rings is 1. The van der Waals surface area contributed by atoms with Gasteiger partial charge in [0, 0.05) is 19.6 Å². The maximum Gasteiger partial charge on any atom is 0.250 e. The van der Waals surface area contributed by atoms with Gasteiger partial charge >= 0.3 is 0 Å². The molecule has 2 rings (SSSR count). The lowest BCUT2D eigenvalue weighted by Gasteiger charge is -2.23. The van der Waals surface area contributed by atoms with Crippen molar-refractivity contribution in [1.29, 1.82) is 0 Å². The van der Waals surface area contributed by atoms with E-state index in [1.807, 2.05) is 31.2 Å². The van der Waals surface area contributed by atoms with E-state index in [4.69, 9.17) is 9.47 Å². The summed E-state index contributed by atoms with van der Waals surface area (Å²) < 4.78 is 10.8. The van der Waals surface area contributed by atoms with Gasteiger partial charge in [-0.2, -0.15) is 0 Å². The van der Waals surface area contributed by atoms with E-state index in [1.54, 1.807) is 0 Å². The highest BCUT2D eigenvalue weighted by molar-refractivity contribution is 5.85. The average Bonchev–Trinajstić information content (AvgIpc) is 2.51. The van der Waals surface area contributed by atoms with Crippen LogP contribution in [0, 0.1) is 6.92 Å². The molecule has 1 aromatic carbocycles.